The van der Waals surface area contributed by atoms with Crippen molar-refractivity contribution in [2.24, 2.45) is 5.92 Å². The average molecular weight is 215 g/mol. The van der Waals surface area contributed by atoms with Gasteiger partial charge >= 0.3 is 5.97 Å². The van der Waals surface area contributed by atoms with Crippen LogP contribution in [0, 0.1) is 5.92 Å². The number of carboxylic acid groups (broad SMARTS) is 1. The Morgan fingerprint density at radius 2 is 2.19 bits per heavy atom. The summed E-state index contributed by atoms with van der Waals surface area (Å²) in [6.45, 7) is 0.463. The molecule has 1 aromatic carbocycles. The van der Waals surface area contributed by atoms with Crippen LogP contribution >= 0.6 is 0 Å². The van der Waals surface area contributed by atoms with Crippen LogP contribution in [0.2, 0.25) is 0 Å². The second kappa shape index (κ2) is 3.46. The van der Waals surface area contributed by atoms with Crippen molar-refractivity contribution in [2.45, 2.75) is 12.5 Å². The first-order valence-electron chi connectivity index (χ1n) is 5.51. The topological polar surface area (TPSA) is 49.3 Å². The molecule has 2 aliphatic rings. The van der Waals surface area contributed by atoms with E-state index in [9.17, 15) is 4.79 Å². The molecule has 0 radical (unpaired) electrons. The van der Waals surface area contributed by atoms with Gasteiger partial charge in [-0.2, -0.15) is 0 Å². The predicted molar refractivity (Wildman–Crippen MR) is 60.1 cm³/mol. The number of nitrogens with one attached hydrogen (secondary N) is 1. The van der Waals surface area contributed by atoms with E-state index in [1.807, 2.05) is 18.2 Å². The Balaban J connectivity index is 1.96. The summed E-state index contributed by atoms with van der Waals surface area (Å²) in [7, 11) is 0. The Kier molecular flexibility index (Phi) is 2.07. The summed E-state index contributed by atoms with van der Waals surface area (Å²) in [6, 6.07) is 8.65. The molecule has 1 aromatic rings. The molecule has 0 amide bonds. The fourth-order valence-electron chi connectivity index (χ4n) is 2.73. The van der Waals surface area contributed by atoms with Gasteiger partial charge in [0, 0.05) is 24.1 Å². The number of hydrogen-bond donors (Lipinski definition) is 2. The van der Waals surface area contributed by atoms with E-state index in [0.717, 1.165) is 6.42 Å². The summed E-state index contributed by atoms with van der Waals surface area (Å²) in [5.41, 5.74) is 3.16. The fraction of sp³-hybridized carbons (Fsp3) is 0.308. The van der Waals surface area contributed by atoms with Gasteiger partial charge in [-0.15, -0.1) is 0 Å². The first-order chi connectivity index (χ1) is 7.75. The van der Waals surface area contributed by atoms with Gasteiger partial charge in [0.25, 0.3) is 0 Å². The third-order valence-electron chi connectivity index (χ3n) is 3.48. The van der Waals surface area contributed by atoms with E-state index >= 15 is 0 Å². The lowest BCUT2D eigenvalue weighted by atomic mass is 9.94. The van der Waals surface area contributed by atoms with Crippen molar-refractivity contribution < 1.29 is 9.90 Å². The SMILES string of the molecule is O=C(O)C1=CC2Cc3ccccc3C2NC1. The summed E-state index contributed by atoms with van der Waals surface area (Å²) < 4.78 is 0. The Morgan fingerprint density at radius 1 is 1.38 bits per heavy atom. The first-order valence-corrected chi connectivity index (χ1v) is 5.51. The molecule has 3 rings (SSSR count). The number of rotatable bonds is 1. The van der Waals surface area contributed by atoms with Crippen LogP contribution in [0.1, 0.15) is 17.2 Å². The van der Waals surface area contributed by atoms with E-state index in [-0.39, 0.29) is 0 Å². The lowest BCUT2D eigenvalue weighted by Gasteiger charge is -2.25. The number of carbonyl (C=O) groups is 1. The number of carboxylic acids is 1. The normalized spacial score (nSPS) is 26.9. The van der Waals surface area contributed by atoms with E-state index in [2.05, 4.69) is 17.4 Å². The molecule has 0 saturated carbocycles. The van der Waals surface area contributed by atoms with Crippen molar-refractivity contribution in [1.82, 2.24) is 5.32 Å². The van der Waals surface area contributed by atoms with Crippen molar-refractivity contribution >= 4 is 5.97 Å². The lowest BCUT2D eigenvalue weighted by Crippen LogP contribution is -2.33. The van der Waals surface area contributed by atoms with Crippen molar-refractivity contribution in [2.75, 3.05) is 6.54 Å². The minimum absolute atomic E-state index is 0.303. The molecular weight excluding hydrogens is 202 g/mol. The molecule has 2 N–H and O–H groups in total. The van der Waals surface area contributed by atoms with Crippen molar-refractivity contribution in [3.8, 4) is 0 Å². The van der Waals surface area contributed by atoms with Crippen LogP contribution in [-0.2, 0) is 11.2 Å². The number of fused-ring (bicyclic) bond motifs is 3. The highest BCUT2D eigenvalue weighted by Gasteiger charge is 2.34. The van der Waals surface area contributed by atoms with Gasteiger partial charge in [0.1, 0.15) is 0 Å². The first kappa shape index (κ1) is 9.60. The van der Waals surface area contributed by atoms with Gasteiger partial charge in [0.05, 0.1) is 0 Å². The molecule has 3 nitrogen and oxygen atoms in total. The number of hydrogen-bond acceptors (Lipinski definition) is 2. The van der Waals surface area contributed by atoms with Crippen LogP contribution in [0.3, 0.4) is 0 Å². The van der Waals surface area contributed by atoms with Crippen LogP contribution in [-0.4, -0.2) is 17.6 Å². The second-order valence-corrected chi connectivity index (χ2v) is 4.42. The molecular formula is C13H13NO2. The predicted octanol–water partition coefficient (Wildman–Crippen LogP) is 1.51. The van der Waals surface area contributed by atoms with Crippen molar-refractivity contribution in [3.63, 3.8) is 0 Å². The van der Waals surface area contributed by atoms with Crippen molar-refractivity contribution in [1.29, 1.82) is 0 Å². The molecule has 1 aliphatic carbocycles. The molecule has 2 unspecified atom stereocenters. The Bertz CT molecular complexity index is 479. The molecule has 0 saturated heterocycles. The minimum Gasteiger partial charge on any atom is -0.478 e. The minimum atomic E-state index is -0.804. The molecule has 1 heterocycles. The average Bonchev–Trinajstić information content (AvgIpc) is 2.66. The van der Waals surface area contributed by atoms with Crippen LogP contribution in [0.15, 0.2) is 35.9 Å². The highest BCUT2D eigenvalue weighted by Crippen LogP contribution is 2.39. The molecule has 0 spiro atoms. The maximum atomic E-state index is 10.9. The molecule has 0 bridgehead atoms. The van der Waals surface area contributed by atoms with Gasteiger partial charge in [0.15, 0.2) is 0 Å². The Hall–Kier alpha value is -1.61. The highest BCUT2D eigenvalue weighted by molar-refractivity contribution is 5.87. The molecule has 0 fully saturated rings. The standard InChI is InChI=1S/C13H13NO2/c15-13(16)10-6-9-5-8-3-1-2-4-11(8)12(9)14-7-10/h1-4,6,9,12,14H,5,7H2,(H,15,16). The van der Waals surface area contributed by atoms with E-state index in [1.165, 1.54) is 11.1 Å². The van der Waals surface area contributed by atoms with Crippen LogP contribution in [0.25, 0.3) is 0 Å². The quantitative estimate of drug-likeness (QED) is 0.746. The largest absolute Gasteiger partial charge is 0.478 e. The van der Waals surface area contributed by atoms with Gasteiger partial charge in [-0.25, -0.2) is 4.79 Å². The summed E-state index contributed by atoms with van der Waals surface area (Å²) in [6.07, 6.45) is 2.87. The molecule has 3 heteroatoms. The van der Waals surface area contributed by atoms with E-state index in [4.69, 9.17) is 5.11 Å². The van der Waals surface area contributed by atoms with Gasteiger partial charge in [-0.1, -0.05) is 30.3 Å². The summed E-state index contributed by atoms with van der Waals surface area (Å²) >= 11 is 0. The lowest BCUT2D eigenvalue weighted by molar-refractivity contribution is -0.132. The van der Waals surface area contributed by atoms with Gasteiger partial charge in [-0.05, 0) is 17.5 Å². The van der Waals surface area contributed by atoms with Crippen molar-refractivity contribution in [3.05, 3.63) is 47.0 Å². The van der Waals surface area contributed by atoms with Crippen LogP contribution in [0.4, 0.5) is 0 Å². The second-order valence-electron chi connectivity index (χ2n) is 4.42. The fourth-order valence-corrected chi connectivity index (χ4v) is 2.73. The summed E-state index contributed by atoms with van der Waals surface area (Å²) in [4.78, 5) is 10.9. The maximum Gasteiger partial charge on any atom is 0.332 e. The molecule has 16 heavy (non-hydrogen) atoms. The zero-order valence-corrected chi connectivity index (χ0v) is 8.81. The van der Waals surface area contributed by atoms with Gasteiger partial charge in [-0.3, -0.25) is 0 Å². The smallest absolute Gasteiger partial charge is 0.332 e. The third kappa shape index (κ3) is 1.36. The molecule has 0 aromatic heterocycles. The van der Waals surface area contributed by atoms with Gasteiger partial charge in [0.2, 0.25) is 0 Å². The van der Waals surface area contributed by atoms with E-state index in [1.54, 1.807) is 0 Å². The third-order valence-corrected chi connectivity index (χ3v) is 3.48. The number of benzene rings is 1. The monoisotopic (exact) mass is 215 g/mol. The Labute approximate surface area is 93.8 Å². The van der Waals surface area contributed by atoms with E-state index in [0.29, 0.717) is 24.1 Å². The van der Waals surface area contributed by atoms with Crippen LogP contribution in [0.5, 0.6) is 0 Å². The maximum absolute atomic E-state index is 10.9. The highest BCUT2D eigenvalue weighted by atomic mass is 16.4. The Morgan fingerprint density at radius 3 is 3.00 bits per heavy atom. The van der Waals surface area contributed by atoms with E-state index < -0.39 is 5.97 Å². The number of aliphatic carboxylic acids is 1. The zero-order valence-electron chi connectivity index (χ0n) is 8.81. The summed E-state index contributed by atoms with van der Waals surface area (Å²) in [5.74, 6) is -0.501. The zero-order chi connectivity index (χ0) is 11.1. The molecule has 1 aliphatic heterocycles. The van der Waals surface area contributed by atoms with Crippen LogP contribution < -0.4 is 5.32 Å². The summed E-state index contributed by atoms with van der Waals surface area (Å²) in [5, 5.41) is 12.3. The molecule has 82 valence electrons. The molecule has 2 atom stereocenters. The van der Waals surface area contributed by atoms with Gasteiger partial charge < -0.3 is 10.4 Å².